The Bertz CT molecular complexity index is 396. The first-order chi connectivity index (χ1) is 8.13. The van der Waals surface area contributed by atoms with E-state index in [0.717, 1.165) is 24.2 Å². The molecule has 0 aliphatic heterocycles. The minimum atomic E-state index is 0. The van der Waals surface area contributed by atoms with Crippen LogP contribution in [0.25, 0.3) is 0 Å². The Morgan fingerprint density at radius 1 is 1.32 bits per heavy atom. The summed E-state index contributed by atoms with van der Waals surface area (Å²) in [5, 5.41) is 11.1. The van der Waals surface area contributed by atoms with Crippen LogP contribution >= 0.6 is 24.8 Å². The molecule has 6 heteroatoms. The normalized spacial score (nSPS) is 9.05. The minimum Gasteiger partial charge on any atom is -0.346 e. The number of anilines is 1. The zero-order chi connectivity index (χ0) is 12.8. The summed E-state index contributed by atoms with van der Waals surface area (Å²) in [5.74, 6) is 0.413. The van der Waals surface area contributed by atoms with Crippen molar-refractivity contribution in [1.82, 2.24) is 4.90 Å². The molecule has 0 bridgehead atoms. The molecule has 0 heterocycles. The van der Waals surface area contributed by atoms with Crippen molar-refractivity contribution < 1.29 is 0 Å². The SMILES string of the molecule is CCc1c(CN)cccc1NC(=N)N(C)CC.Cl.Cl. The van der Waals surface area contributed by atoms with Gasteiger partial charge in [-0.25, -0.2) is 0 Å². The molecule has 0 unspecified atom stereocenters. The maximum atomic E-state index is 7.92. The highest BCUT2D eigenvalue weighted by Gasteiger charge is 2.08. The summed E-state index contributed by atoms with van der Waals surface area (Å²) in [6, 6.07) is 6.01. The van der Waals surface area contributed by atoms with E-state index in [9.17, 15) is 0 Å². The Kier molecular flexibility index (Phi) is 10.6. The van der Waals surface area contributed by atoms with Gasteiger partial charge in [0.15, 0.2) is 5.96 Å². The molecule has 1 aromatic rings. The van der Waals surface area contributed by atoms with Gasteiger partial charge >= 0.3 is 0 Å². The van der Waals surface area contributed by atoms with Crippen LogP contribution < -0.4 is 11.1 Å². The first-order valence-corrected chi connectivity index (χ1v) is 6.01. The van der Waals surface area contributed by atoms with Gasteiger partial charge < -0.3 is 16.0 Å². The van der Waals surface area contributed by atoms with Crippen molar-refractivity contribution in [1.29, 1.82) is 5.41 Å². The Hall–Kier alpha value is -0.970. The van der Waals surface area contributed by atoms with Crippen LogP contribution in [0.15, 0.2) is 18.2 Å². The highest BCUT2D eigenvalue weighted by molar-refractivity contribution is 5.92. The second-order valence-electron chi connectivity index (χ2n) is 3.99. The zero-order valence-corrected chi connectivity index (χ0v) is 13.3. The molecule has 0 aromatic heterocycles. The van der Waals surface area contributed by atoms with E-state index in [2.05, 4.69) is 12.2 Å². The second-order valence-corrected chi connectivity index (χ2v) is 3.99. The summed E-state index contributed by atoms with van der Waals surface area (Å²) in [4.78, 5) is 1.86. The average Bonchev–Trinajstić information content (AvgIpc) is 2.37. The quantitative estimate of drug-likeness (QED) is 0.592. The zero-order valence-electron chi connectivity index (χ0n) is 11.7. The first-order valence-electron chi connectivity index (χ1n) is 6.01. The fraction of sp³-hybridized carbons (Fsp3) is 0.462. The van der Waals surface area contributed by atoms with E-state index in [1.165, 1.54) is 5.56 Å². The van der Waals surface area contributed by atoms with Crippen LogP contribution in [0.1, 0.15) is 25.0 Å². The van der Waals surface area contributed by atoms with Crippen molar-refractivity contribution in [3.8, 4) is 0 Å². The van der Waals surface area contributed by atoms with Gasteiger partial charge in [-0.2, -0.15) is 0 Å². The lowest BCUT2D eigenvalue weighted by Gasteiger charge is -2.21. The molecule has 0 spiro atoms. The second kappa shape index (κ2) is 9.89. The number of hydrogen-bond donors (Lipinski definition) is 3. The number of halogens is 2. The first kappa shape index (κ1) is 20.3. The highest BCUT2D eigenvalue weighted by Crippen LogP contribution is 2.20. The predicted molar refractivity (Wildman–Crippen MR) is 87.9 cm³/mol. The Morgan fingerprint density at radius 3 is 2.42 bits per heavy atom. The van der Waals surface area contributed by atoms with Crippen LogP contribution in [0, 0.1) is 5.41 Å². The Labute approximate surface area is 128 Å². The third-order valence-electron chi connectivity index (χ3n) is 2.96. The summed E-state index contributed by atoms with van der Waals surface area (Å²) >= 11 is 0. The van der Waals surface area contributed by atoms with Gasteiger partial charge in [-0.3, -0.25) is 5.41 Å². The molecule has 19 heavy (non-hydrogen) atoms. The molecule has 0 radical (unpaired) electrons. The fourth-order valence-electron chi connectivity index (χ4n) is 1.74. The Balaban J connectivity index is 0. The number of benzene rings is 1. The summed E-state index contributed by atoms with van der Waals surface area (Å²) in [6.07, 6.45) is 0.916. The molecular weight excluding hydrogens is 283 g/mol. The summed E-state index contributed by atoms with van der Waals surface area (Å²) in [6.45, 7) is 5.47. The number of nitrogens with two attached hydrogens (primary N) is 1. The molecule has 4 nitrogen and oxygen atoms in total. The van der Waals surface area contributed by atoms with E-state index in [1.807, 2.05) is 37.1 Å². The maximum absolute atomic E-state index is 7.92. The molecule has 0 fully saturated rings. The van der Waals surface area contributed by atoms with Crippen molar-refractivity contribution in [2.75, 3.05) is 18.9 Å². The molecule has 0 saturated heterocycles. The van der Waals surface area contributed by atoms with Gasteiger partial charge in [0.1, 0.15) is 0 Å². The molecule has 0 aliphatic carbocycles. The van der Waals surface area contributed by atoms with Gasteiger partial charge in [-0.1, -0.05) is 19.1 Å². The molecule has 1 rings (SSSR count). The number of guanidine groups is 1. The number of rotatable bonds is 4. The predicted octanol–water partition coefficient (Wildman–Crippen LogP) is 2.85. The van der Waals surface area contributed by atoms with Gasteiger partial charge in [0.05, 0.1) is 0 Å². The van der Waals surface area contributed by atoms with Crippen LogP contribution in [0.5, 0.6) is 0 Å². The molecule has 1 aromatic carbocycles. The van der Waals surface area contributed by atoms with Crippen molar-refractivity contribution in [2.45, 2.75) is 26.8 Å². The topological polar surface area (TPSA) is 65.1 Å². The molecule has 0 aliphatic rings. The van der Waals surface area contributed by atoms with Crippen molar-refractivity contribution in [3.05, 3.63) is 29.3 Å². The third kappa shape index (κ3) is 5.27. The molecule has 110 valence electrons. The monoisotopic (exact) mass is 306 g/mol. The van der Waals surface area contributed by atoms with Gasteiger partial charge in [0, 0.05) is 25.8 Å². The van der Waals surface area contributed by atoms with E-state index in [-0.39, 0.29) is 24.8 Å². The standard InChI is InChI=1S/C13H22N4.2ClH/c1-4-11-10(9-14)7-6-8-12(11)16-13(15)17(3)5-2;;/h6-8H,4-5,9,14H2,1-3H3,(H2,15,16);2*1H. The van der Waals surface area contributed by atoms with E-state index < -0.39 is 0 Å². The number of nitrogens with zero attached hydrogens (tertiary/aromatic N) is 1. The van der Waals surface area contributed by atoms with Crippen LogP contribution in [0.3, 0.4) is 0 Å². The molecule has 0 saturated carbocycles. The lowest BCUT2D eigenvalue weighted by atomic mass is 10.0. The minimum absolute atomic E-state index is 0. The molecule has 0 atom stereocenters. The van der Waals surface area contributed by atoms with E-state index in [4.69, 9.17) is 11.1 Å². The van der Waals surface area contributed by atoms with Crippen molar-refractivity contribution in [3.63, 3.8) is 0 Å². The molecule has 4 N–H and O–H groups in total. The largest absolute Gasteiger partial charge is 0.346 e. The van der Waals surface area contributed by atoms with Gasteiger partial charge in [-0.05, 0) is 30.5 Å². The lowest BCUT2D eigenvalue weighted by Crippen LogP contribution is -2.32. The van der Waals surface area contributed by atoms with Crippen LogP contribution in [0.4, 0.5) is 5.69 Å². The number of hydrogen-bond acceptors (Lipinski definition) is 2. The van der Waals surface area contributed by atoms with E-state index in [0.29, 0.717) is 12.5 Å². The highest BCUT2D eigenvalue weighted by atomic mass is 35.5. The third-order valence-corrected chi connectivity index (χ3v) is 2.96. The van der Waals surface area contributed by atoms with Crippen LogP contribution in [-0.2, 0) is 13.0 Å². The summed E-state index contributed by atoms with van der Waals surface area (Å²) in [7, 11) is 1.90. The Morgan fingerprint density at radius 2 is 1.95 bits per heavy atom. The van der Waals surface area contributed by atoms with Crippen molar-refractivity contribution in [2.24, 2.45) is 5.73 Å². The van der Waals surface area contributed by atoms with Gasteiger partial charge in [0.2, 0.25) is 0 Å². The van der Waals surface area contributed by atoms with Crippen molar-refractivity contribution >= 4 is 36.5 Å². The van der Waals surface area contributed by atoms with E-state index >= 15 is 0 Å². The number of nitrogens with one attached hydrogen (secondary N) is 2. The van der Waals surface area contributed by atoms with E-state index in [1.54, 1.807) is 0 Å². The smallest absolute Gasteiger partial charge is 0.195 e. The van der Waals surface area contributed by atoms with Gasteiger partial charge in [-0.15, -0.1) is 24.8 Å². The maximum Gasteiger partial charge on any atom is 0.195 e. The lowest BCUT2D eigenvalue weighted by molar-refractivity contribution is 0.530. The summed E-state index contributed by atoms with van der Waals surface area (Å²) < 4.78 is 0. The summed E-state index contributed by atoms with van der Waals surface area (Å²) in [5.41, 5.74) is 9.05. The van der Waals surface area contributed by atoms with Crippen LogP contribution in [-0.4, -0.2) is 24.5 Å². The molecular formula is C13H24Cl2N4. The fourth-order valence-corrected chi connectivity index (χ4v) is 1.74. The van der Waals surface area contributed by atoms with Crippen LogP contribution in [0.2, 0.25) is 0 Å². The molecule has 0 amide bonds. The van der Waals surface area contributed by atoms with Gasteiger partial charge in [0.25, 0.3) is 0 Å². The average molecular weight is 307 g/mol.